The Bertz CT molecular complexity index is 1460. The molecule has 1 saturated heterocycles. The lowest BCUT2D eigenvalue weighted by Gasteiger charge is -2.26. The number of allylic oxidation sites excluding steroid dienone is 1. The normalized spacial score (nSPS) is 13.9. The van der Waals surface area contributed by atoms with Crippen LogP contribution in [0.4, 0.5) is 5.82 Å². The molecular weight excluding hydrogens is 494 g/mol. The third-order valence-electron chi connectivity index (χ3n) is 5.99. The molecular formula is C27H24ClN5O4. The number of fused-ring (bicyclic) bond motifs is 1. The highest BCUT2D eigenvalue weighted by molar-refractivity contribution is 6.35. The van der Waals surface area contributed by atoms with E-state index in [-0.39, 0.29) is 23.8 Å². The van der Waals surface area contributed by atoms with Crippen molar-refractivity contribution >= 4 is 46.2 Å². The number of ketones is 1. The number of halogens is 1. The molecule has 0 spiro atoms. The Kier molecular flexibility index (Phi) is 7.25. The lowest BCUT2D eigenvalue weighted by Crippen LogP contribution is -2.41. The van der Waals surface area contributed by atoms with Crippen LogP contribution >= 0.6 is 11.6 Å². The highest BCUT2D eigenvalue weighted by Gasteiger charge is 2.20. The molecule has 0 atom stereocenters. The van der Waals surface area contributed by atoms with Gasteiger partial charge in [-0.05, 0) is 60.2 Å². The van der Waals surface area contributed by atoms with E-state index in [0.717, 1.165) is 16.5 Å². The number of nitrogens with two attached hydrogens (primary N) is 1. The number of pyridine rings is 1. The molecule has 37 heavy (non-hydrogen) atoms. The Morgan fingerprint density at radius 2 is 1.92 bits per heavy atom. The standard InChI is InChI=1S/C27H24ClN5O4/c28-22-15-18(23-6-7-24(32-31-23)27(35)33-9-11-36-12-10-33)13-19-14-21(37-26(19)22)5-4-20(34)3-1-17-2-8-25(29)30-16-17/h1-3,6-8,13-16H,4-5,9-12H2,(H2,29,30)/b3-1+. The van der Waals surface area contributed by atoms with E-state index in [1.165, 1.54) is 6.08 Å². The molecule has 4 aromatic rings. The lowest BCUT2D eigenvalue weighted by molar-refractivity contribution is -0.114. The maximum Gasteiger partial charge on any atom is 0.274 e. The topological polar surface area (TPSA) is 124 Å². The highest BCUT2D eigenvalue weighted by Crippen LogP contribution is 2.32. The van der Waals surface area contributed by atoms with Gasteiger partial charge in [-0.25, -0.2) is 4.98 Å². The van der Waals surface area contributed by atoms with E-state index in [9.17, 15) is 9.59 Å². The molecule has 3 aromatic heterocycles. The van der Waals surface area contributed by atoms with Gasteiger partial charge in [0, 0.05) is 43.1 Å². The van der Waals surface area contributed by atoms with Gasteiger partial charge in [0.15, 0.2) is 17.1 Å². The number of carbonyl (C=O) groups is 2. The zero-order valence-electron chi connectivity index (χ0n) is 19.9. The van der Waals surface area contributed by atoms with Crippen molar-refractivity contribution in [3.8, 4) is 11.3 Å². The Morgan fingerprint density at radius 3 is 2.65 bits per heavy atom. The molecule has 2 N–H and O–H groups in total. The van der Waals surface area contributed by atoms with Crippen molar-refractivity contribution in [1.82, 2.24) is 20.1 Å². The first kappa shape index (κ1) is 24.6. The monoisotopic (exact) mass is 517 g/mol. The predicted octanol–water partition coefficient (Wildman–Crippen LogP) is 4.21. The number of ether oxygens (including phenoxy) is 1. The molecule has 0 unspecified atom stereocenters. The summed E-state index contributed by atoms with van der Waals surface area (Å²) in [5.41, 5.74) is 8.54. The summed E-state index contributed by atoms with van der Waals surface area (Å²) in [6.07, 6.45) is 5.55. The Morgan fingerprint density at radius 1 is 1.08 bits per heavy atom. The molecule has 10 heteroatoms. The fourth-order valence-electron chi connectivity index (χ4n) is 4.00. The number of amides is 1. The van der Waals surface area contributed by atoms with E-state index < -0.39 is 0 Å². The van der Waals surface area contributed by atoms with Gasteiger partial charge in [-0.3, -0.25) is 9.59 Å². The van der Waals surface area contributed by atoms with Crippen molar-refractivity contribution in [3.05, 3.63) is 76.8 Å². The second kappa shape index (κ2) is 10.9. The summed E-state index contributed by atoms with van der Waals surface area (Å²) in [6, 6.07) is 12.4. The van der Waals surface area contributed by atoms with Gasteiger partial charge in [-0.1, -0.05) is 11.6 Å². The van der Waals surface area contributed by atoms with Gasteiger partial charge in [0.25, 0.3) is 5.91 Å². The van der Waals surface area contributed by atoms with Crippen LogP contribution in [-0.2, 0) is 16.0 Å². The number of nitrogens with zero attached hydrogens (tertiary/aromatic N) is 4. The number of aromatic nitrogens is 3. The number of rotatable bonds is 7. The summed E-state index contributed by atoms with van der Waals surface area (Å²) in [6.45, 7) is 2.13. The SMILES string of the molecule is Nc1ccc(/C=C/C(=O)CCc2cc3cc(-c4ccc(C(=O)N5CCOCC5)nn4)cc(Cl)c3o2)cn1. The molecule has 0 radical (unpaired) electrons. The van der Waals surface area contributed by atoms with E-state index in [4.69, 9.17) is 26.5 Å². The van der Waals surface area contributed by atoms with Crippen LogP contribution in [0.5, 0.6) is 0 Å². The molecule has 1 aliphatic heterocycles. The molecule has 1 fully saturated rings. The quantitative estimate of drug-likeness (QED) is 0.361. The van der Waals surface area contributed by atoms with E-state index in [2.05, 4.69) is 15.2 Å². The second-order valence-corrected chi connectivity index (χ2v) is 9.02. The minimum atomic E-state index is -0.162. The number of hydrogen-bond donors (Lipinski definition) is 1. The largest absolute Gasteiger partial charge is 0.459 e. The van der Waals surface area contributed by atoms with Crippen molar-refractivity contribution in [2.45, 2.75) is 12.8 Å². The summed E-state index contributed by atoms with van der Waals surface area (Å²) in [5.74, 6) is 0.886. The van der Waals surface area contributed by atoms with Crippen LogP contribution in [0, 0.1) is 0 Å². The fraction of sp³-hybridized carbons (Fsp3) is 0.222. The fourth-order valence-corrected chi connectivity index (χ4v) is 4.26. The molecule has 4 heterocycles. The van der Waals surface area contributed by atoms with Crippen molar-refractivity contribution in [2.24, 2.45) is 0 Å². The van der Waals surface area contributed by atoms with Gasteiger partial charge in [0.05, 0.1) is 23.9 Å². The number of benzene rings is 1. The first-order valence-corrected chi connectivity index (χ1v) is 12.2. The van der Waals surface area contributed by atoms with Gasteiger partial charge in [0.2, 0.25) is 0 Å². The number of carbonyl (C=O) groups excluding carboxylic acids is 2. The second-order valence-electron chi connectivity index (χ2n) is 8.61. The maximum absolute atomic E-state index is 12.6. The van der Waals surface area contributed by atoms with Crippen molar-refractivity contribution in [3.63, 3.8) is 0 Å². The van der Waals surface area contributed by atoms with Crippen molar-refractivity contribution in [1.29, 1.82) is 0 Å². The average molecular weight is 518 g/mol. The predicted molar refractivity (Wildman–Crippen MR) is 140 cm³/mol. The molecule has 188 valence electrons. The number of furan rings is 1. The van der Waals surface area contributed by atoms with Crippen LogP contribution < -0.4 is 5.73 Å². The van der Waals surface area contributed by atoms with E-state index in [0.29, 0.717) is 60.6 Å². The van der Waals surface area contributed by atoms with Crippen LogP contribution in [0.1, 0.15) is 28.2 Å². The van der Waals surface area contributed by atoms with E-state index in [1.807, 2.05) is 12.1 Å². The lowest BCUT2D eigenvalue weighted by atomic mass is 10.1. The Hall–Kier alpha value is -4.08. The number of hydrogen-bond acceptors (Lipinski definition) is 8. The minimum absolute atomic E-state index is 0.0361. The number of nitrogen functional groups attached to an aromatic ring is 1. The average Bonchev–Trinajstić information content (AvgIpc) is 3.35. The van der Waals surface area contributed by atoms with Gasteiger partial charge >= 0.3 is 0 Å². The summed E-state index contributed by atoms with van der Waals surface area (Å²) >= 11 is 6.49. The van der Waals surface area contributed by atoms with Crippen LogP contribution in [-0.4, -0.2) is 58.1 Å². The van der Waals surface area contributed by atoms with E-state index >= 15 is 0 Å². The van der Waals surface area contributed by atoms with Crippen molar-refractivity contribution < 1.29 is 18.7 Å². The Balaban J connectivity index is 1.26. The molecule has 5 rings (SSSR count). The van der Waals surface area contributed by atoms with Crippen LogP contribution in [0.2, 0.25) is 5.02 Å². The molecule has 9 nitrogen and oxygen atoms in total. The molecule has 1 amide bonds. The zero-order valence-corrected chi connectivity index (χ0v) is 20.6. The summed E-state index contributed by atoms with van der Waals surface area (Å²) in [4.78, 5) is 30.6. The minimum Gasteiger partial charge on any atom is -0.459 e. The molecule has 1 aliphatic rings. The smallest absolute Gasteiger partial charge is 0.274 e. The number of anilines is 1. The number of morpholine rings is 1. The summed E-state index contributed by atoms with van der Waals surface area (Å²) < 4.78 is 11.2. The van der Waals surface area contributed by atoms with Crippen LogP contribution in [0.3, 0.4) is 0 Å². The zero-order chi connectivity index (χ0) is 25.8. The third kappa shape index (κ3) is 5.84. The van der Waals surface area contributed by atoms with Gasteiger partial charge in [-0.2, -0.15) is 0 Å². The summed E-state index contributed by atoms with van der Waals surface area (Å²) in [7, 11) is 0. The summed E-state index contributed by atoms with van der Waals surface area (Å²) in [5, 5.41) is 9.60. The first-order chi connectivity index (χ1) is 18.0. The van der Waals surface area contributed by atoms with E-state index in [1.54, 1.807) is 47.5 Å². The third-order valence-corrected chi connectivity index (χ3v) is 6.27. The van der Waals surface area contributed by atoms with Gasteiger partial charge in [-0.15, -0.1) is 10.2 Å². The maximum atomic E-state index is 12.6. The number of aryl methyl sites for hydroxylation is 1. The van der Waals surface area contributed by atoms with Gasteiger partial charge in [0.1, 0.15) is 11.6 Å². The highest BCUT2D eigenvalue weighted by atomic mass is 35.5. The van der Waals surface area contributed by atoms with Crippen LogP contribution in [0.15, 0.2) is 59.2 Å². The van der Waals surface area contributed by atoms with Gasteiger partial charge < -0.3 is 19.8 Å². The molecule has 0 aliphatic carbocycles. The molecule has 0 saturated carbocycles. The molecule has 1 aromatic carbocycles. The Labute approximate surface area is 217 Å². The van der Waals surface area contributed by atoms with Crippen molar-refractivity contribution in [2.75, 3.05) is 32.0 Å². The first-order valence-electron chi connectivity index (χ1n) is 11.8. The molecule has 0 bridgehead atoms. The van der Waals surface area contributed by atoms with Crippen LogP contribution in [0.25, 0.3) is 28.3 Å².